The summed E-state index contributed by atoms with van der Waals surface area (Å²) < 4.78 is 0.574. The maximum absolute atomic E-state index is 10.8. The molecule has 2 aromatic heterocycles. The van der Waals surface area contributed by atoms with Gasteiger partial charge in [-0.05, 0) is 15.9 Å². The third kappa shape index (κ3) is 0.949. The normalized spacial score (nSPS) is 10.6. The average molecular weight is 215 g/mol. The van der Waals surface area contributed by atoms with E-state index in [1.165, 1.54) is 6.33 Å². The van der Waals surface area contributed by atoms with Gasteiger partial charge >= 0.3 is 5.69 Å². The molecule has 2 rings (SSSR count). The van der Waals surface area contributed by atoms with Crippen LogP contribution in [0, 0.1) is 0 Å². The zero-order valence-electron chi connectivity index (χ0n) is 5.26. The van der Waals surface area contributed by atoms with Crippen LogP contribution < -0.4 is 5.69 Å². The Labute approximate surface area is 69.0 Å². The maximum atomic E-state index is 10.8. The van der Waals surface area contributed by atoms with Crippen LogP contribution in [0.3, 0.4) is 0 Å². The highest BCUT2D eigenvalue weighted by atomic mass is 79.9. The molecule has 0 atom stereocenters. The number of rotatable bonds is 0. The van der Waals surface area contributed by atoms with Crippen LogP contribution in [-0.4, -0.2) is 19.9 Å². The van der Waals surface area contributed by atoms with Gasteiger partial charge < -0.3 is 4.98 Å². The number of imidazole rings is 1. The fraction of sp³-hybridized carbons (Fsp3) is 0. The first kappa shape index (κ1) is 6.53. The van der Waals surface area contributed by atoms with Crippen molar-refractivity contribution in [3.8, 4) is 0 Å². The van der Waals surface area contributed by atoms with Crippen molar-refractivity contribution < 1.29 is 0 Å². The van der Waals surface area contributed by atoms with E-state index in [9.17, 15) is 4.79 Å². The molecule has 0 saturated heterocycles. The van der Waals surface area contributed by atoms with Gasteiger partial charge in [-0.1, -0.05) is 0 Å². The van der Waals surface area contributed by atoms with Gasteiger partial charge in [-0.15, -0.1) is 0 Å². The molecule has 5 nitrogen and oxygen atoms in total. The minimum Gasteiger partial charge on any atom is -0.341 e. The van der Waals surface area contributed by atoms with Gasteiger partial charge in [-0.25, -0.2) is 9.78 Å². The van der Waals surface area contributed by atoms with Gasteiger partial charge in [0.2, 0.25) is 0 Å². The highest BCUT2D eigenvalue weighted by Crippen LogP contribution is 2.12. The fourth-order valence-electron chi connectivity index (χ4n) is 0.814. The van der Waals surface area contributed by atoms with E-state index in [-0.39, 0.29) is 0 Å². The van der Waals surface area contributed by atoms with E-state index in [1.54, 1.807) is 0 Å². The Hall–Kier alpha value is -1.17. The molecule has 6 heteroatoms. The zero-order valence-corrected chi connectivity index (χ0v) is 6.84. The predicted molar refractivity (Wildman–Crippen MR) is 42.2 cm³/mol. The van der Waals surface area contributed by atoms with Gasteiger partial charge in [0.25, 0.3) is 0 Å². The fourth-order valence-corrected chi connectivity index (χ4v) is 1.28. The third-order valence-corrected chi connectivity index (χ3v) is 1.86. The molecule has 56 valence electrons. The Balaban J connectivity index is 3.02. The van der Waals surface area contributed by atoms with E-state index in [2.05, 4.69) is 35.9 Å². The first-order valence-corrected chi connectivity index (χ1v) is 3.65. The summed E-state index contributed by atoms with van der Waals surface area (Å²) in [7, 11) is 0. The van der Waals surface area contributed by atoms with E-state index < -0.39 is 5.69 Å². The summed E-state index contributed by atoms with van der Waals surface area (Å²) in [4.78, 5) is 23.5. The first-order valence-electron chi connectivity index (χ1n) is 2.86. The molecule has 0 radical (unpaired) electrons. The molecule has 2 N–H and O–H groups in total. The average Bonchev–Trinajstić information content (AvgIpc) is 2.34. The standard InChI is InChI=1S/C5H3BrN4O/c6-3-2-4(8-1-7-2)10-5(11)9-3/h1H,(H2,7,8,9,10,11). The van der Waals surface area contributed by atoms with Crippen LogP contribution in [-0.2, 0) is 0 Å². The lowest BCUT2D eigenvalue weighted by Crippen LogP contribution is -2.09. The zero-order chi connectivity index (χ0) is 7.84. The summed E-state index contributed by atoms with van der Waals surface area (Å²) in [5.41, 5.74) is 0.710. The van der Waals surface area contributed by atoms with Crippen LogP contribution in [0.1, 0.15) is 0 Å². The lowest BCUT2D eigenvalue weighted by molar-refractivity contribution is 1.08. The molecule has 0 spiro atoms. The summed E-state index contributed by atoms with van der Waals surface area (Å²) in [6.45, 7) is 0. The summed E-state index contributed by atoms with van der Waals surface area (Å²) in [6, 6.07) is 0. The quantitative estimate of drug-likeness (QED) is 0.625. The number of halogens is 1. The molecule has 0 saturated carbocycles. The SMILES string of the molecule is O=c1nc2nc[nH]c2c(Br)[nH]1. The van der Waals surface area contributed by atoms with Crippen molar-refractivity contribution in [1.82, 2.24) is 19.9 Å². The van der Waals surface area contributed by atoms with E-state index in [4.69, 9.17) is 0 Å². The van der Waals surface area contributed by atoms with E-state index >= 15 is 0 Å². The summed E-state index contributed by atoms with van der Waals surface area (Å²) in [6.07, 6.45) is 1.48. The Kier molecular flexibility index (Phi) is 1.28. The second-order valence-corrected chi connectivity index (χ2v) is 2.75. The number of nitrogens with zero attached hydrogens (tertiary/aromatic N) is 2. The molecular formula is C5H3BrN4O. The molecule has 0 amide bonds. The third-order valence-electron chi connectivity index (χ3n) is 1.26. The van der Waals surface area contributed by atoms with Crippen molar-refractivity contribution in [1.29, 1.82) is 0 Å². The molecular weight excluding hydrogens is 212 g/mol. The molecule has 11 heavy (non-hydrogen) atoms. The lowest BCUT2D eigenvalue weighted by atomic mass is 10.6. The van der Waals surface area contributed by atoms with Crippen molar-refractivity contribution in [2.75, 3.05) is 0 Å². The van der Waals surface area contributed by atoms with Gasteiger partial charge in [0.1, 0.15) is 10.1 Å². The van der Waals surface area contributed by atoms with Gasteiger partial charge in [0.15, 0.2) is 5.65 Å². The monoisotopic (exact) mass is 214 g/mol. The van der Waals surface area contributed by atoms with Crippen LogP contribution in [0.5, 0.6) is 0 Å². The predicted octanol–water partition coefficient (Wildman–Crippen LogP) is 0.409. The Morgan fingerprint density at radius 2 is 2.36 bits per heavy atom. The van der Waals surface area contributed by atoms with E-state index in [1.807, 2.05) is 0 Å². The highest BCUT2D eigenvalue weighted by Gasteiger charge is 2.02. The second-order valence-electron chi connectivity index (χ2n) is 1.96. The molecule has 0 aliphatic rings. The molecule has 0 unspecified atom stereocenters. The van der Waals surface area contributed by atoms with Crippen molar-refractivity contribution >= 4 is 27.1 Å². The van der Waals surface area contributed by atoms with Gasteiger partial charge in [-0.2, -0.15) is 4.98 Å². The molecule has 2 heterocycles. The van der Waals surface area contributed by atoms with Crippen LogP contribution in [0.25, 0.3) is 11.2 Å². The van der Waals surface area contributed by atoms with Crippen molar-refractivity contribution in [3.05, 3.63) is 21.4 Å². The van der Waals surface area contributed by atoms with Gasteiger partial charge in [0.05, 0.1) is 6.33 Å². The van der Waals surface area contributed by atoms with E-state index in [0.717, 1.165) is 0 Å². The Morgan fingerprint density at radius 3 is 3.18 bits per heavy atom. The Bertz CT molecular complexity index is 445. The smallest absolute Gasteiger partial charge is 0.341 e. The number of hydrogen-bond donors (Lipinski definition) is 2. The van der Waals surface area contributed by atoms with Gasteiger partial charge in [-0.3, -0.25) is 4.98 Å². The molecule has 0 aliphatic heterocycles. The van der Waals surface area contributed by atoms with Crippen LogP contribution in [0.15, 0.2) is 15.7 Å². The Morgan fingerprint density at radius 1 is 1.55 bits per heavy atom. The molecule has 2 aromatic rings. The maximum Gasteiger partial charge on any atom is 0.347 e. The minimum atomic E-state index is -0.406. The van der Waals surface area contributed by atoms with E-state index in [0.29, 0.717) is 15.8 Å². The number of hydrogen-bond acceptors (Lipinski definition) is 3. The minimum absolute atomic E-state index is 0.406. The number of fused-ring (bicyclic) bond motifs is 1. The molecule has 0 aliphatic carbocycles. The largest absolute Gasteiger partial charge is 0.347 e. The van der Waals surface area contributed by atoms with Crippen molar-refractivity contribution in [2.45, 2.75) is 0 Å². The van der Waals surface area contributed by atoms with Crippen LogP contribution in [0.2, 0.25) is 0 Å². The number of aromatic nitrogens is 4. The number of aromatic amines is 2. The second kappa shape index (κ2) is 2.16. The van der Waals surface area contributed by atoms with Crippen LogP contribution >= 0.6 is 15.9 Å². The molecule has 0 aromatic carbocycles. The lowest BCUT2D eigenvalue weighted by Gasteiger charge is -1.88. The summed E-state index contributed by atoms with van der Waals surface area (Å²) in [5.74, 6) is 0. The summed E-state index contributed by atoms with van der Waals surface area (Å²) in [5, 5.41) is 0. The van der Waals surface area contributed by atoms with Crippen molar-refractivity contribution in [3.63, 3.8) is 0 Å². The first-order chi connectivity index (χ1) is 5.27. The number of nitrogens with one attached hydrogen (secondary N) is 2. The number of H-pyrrole nitrogens is 2. The molecule has 0 bridgehead atoms. The highest BCUT2D eigenvalue weighted by molar-refractivity contribution is 9.10. The summed E-state index contributed by atoms with van der Waals surface area (Å²) >= 11 is 3.16. The molecule has 0 fully saturated rings. The van der Waals surface area contributed by atoms with Crippen molar-refractivity contribution in [2.24, 2.45) is 0 Å². The van der Waals surface area contributed by atoms with Crippen LogP contribution in [0.4, 0.5) is 0 Å². The topological polar surface area (TPSA) is 74.4 Å². The van der Waals surface area contributed by atoms with Gasteiger partial charge in [0, 0.05) is 0 Å².